The van der Waals surface area contributed by atoms with Crippen LogP contribution in [-0.4, -0.2) is 86.7 Å². The maximum atomic E-state index is 15.4. The molecule has 3 aliphatic rings. The fourth-order valence-electron chi connectivity index (χ4n) is 3.63. The third kappa shape index (κ3) is 4.43. The summed E-state index contributed by atoms with van der Waals surface area (Å²) in [6, 6.07) is -1.31. The van der Waals surface area contributed by atoms with Crippen molar-refractivity contribution in [3.63, 3.8) is 0 Å². The minimum atomic E-state index is -3.62. The number of carbonyl (C=O) groups excluding carboxylic acids is 3. The summed E-state index contributed by atoms with van der Waals surface area (Å²) in [6.07, 6.45) is -9.11. The summed E-state index contributed by atoms with van der Waals surface area (Å²) in [4.78, 5) is 36.0. The molecule has 13 heteroatoms. The zero-order valence-corrected chi connectivity index (χ0v) is 17.1. The first-order valence-electron chi connectivity index (χ1n) is 9.46. The highest BCUT2D eigenvalue weighted by Gasteiger charge is 2.67. The van der Waals surface area contributed by atoms with Crippen molar-refractivity contribution in [1.82, 2.24) is 10.6 Å². The van der Waals surface area contributed by atoms with Crippen LogP contribution in [0, 0.1) is 0 Å². The summed E-state index contributed by atoms with van der Waals surface area (Å²) >= 11 is 0. The zero-order valence-electron chi connectivity index (χ0n) is 17.1. The average Bonchev–Trinajstić information content (AvgIpc) is 3.28. The van der Waals surface area contributed by atoms with E-state index in [-0.39, 0.29) is 13.2 Å². The highest BCUT2D eigenvalue weighted by atomic mass is 19.2. The highest BCUT2D eigenvalue weighted by molar-refractivity contribution is 5.79. The van der Waals surface area contributed by atoms with Crippen LogP contribution in [0.2, 0.25) is 0 Å². The molecule has 3 fully saturated rings. The van der Waals surface area contributed by atoms with Gasteiger partial charge >= 0.3 is 24.0 Å². The summed E-state index contributed by atoms with van der Waals surface area (Å²) in [5.41, 5.74) is 0. The molecule has 5 unspecified atom stereocenters. The van der Waals surface area contributed by atoms with Crippen LogP contribution in [0.25, 0.3) is 0 Å². The number of ether oxygens (including phenoxy) is 6. The zero-order chi connectivity index (χ0) is 23.0. The number of fused-ring (bicyclic) bond motifs is 1. The van der Waals surface area contributed by atoms with E-state index >= 15 is 4.39 Å². The summed E-state index contributed by atoms with van der Waals surface area (Å²) < 4.78 is 61.1. The number of alkyl carbamates (subject to hydrolysis) is 2. The number of hydrogen-bond acceptors (Lipinski definition) is 9. The molecule has 0 saturated carbocycles. The van der Waals surface area contributed by atoms with E-state index < -0.39 is 66.4 Å². The average molecular weight is 450 g/mol. The van der Waals surface area contributed by atoms with E-state index in [0.29, 0.717) is 0 Å². The van der Waals surface area contributed by atoms with Gasteiger partial charge in [0.25, 0.3) is 0 Å². The molecule has 3 rings (SSSR count). The number of amides is 2. The number of nitrogens with one attached hydrogen (secondary N) is 2. The van der Waals surface area contributed by atoms with E-state index in [4.69, 9.17) is 23.7 Å². The molecule has 0 spiro atoms. The van der Waals surface area contributed by atoms with Crippen LogP contribution in [-0.2, 0) is 33.2 Å². The van der Waals surface area contributed by atoms with E-state index in [9.17, 15) is 18.8 Å². The molecule has 3 aliphatic heterocycles. The smallest absolute Gasteiger partial charge is 0.408 e. The maximum Gasteiger partial charge on any atom is 0.408 e. The van der Waals surface area contributed by atoms with Crippen LogP contribution in [0.15, 0.2) is 12.7 Å². The van der Waals surface area contributed by atoms with Crippen LogP contribution < -0.4 is 10.6 Å². The fourth-order valence-corrected chi connectivity index (χ4v) is 3.63. The molecule has 0 radical (unpaired) electrons. The summed E-state index contributed by atoms with van der Waals surface area (Å²) in [5, 5.41) is 4.67. The monoisotopic (exact) mass is 450 g/mol. The van der Waals surface area contributed by atoms with Gasteiger partial charge in [0.05, 0.1) is 13.7 Å². The van der Waals surface area contributed by atoms with Crippen molar-refractivity contribution in [2.24, 2.45) is 0 Å². The second-order valence-electron chi connectivity index (χ2n) is 7.57. The van der Waals surface area contributed by atoms with Gasteiger partial charge in [-0.3, -0.25) is 0 Å². The van der Waals surface area contributed by atoms with Crippen molar-refractivity contribution in [3.05, 3.63) is 12.7 Å². The highest BCUT2D eigenvalue weighted by Crippen LogP contribution is 2.41. The molecular formula is C18H24F2N2O9. The molecular weight excluding hydrogens is 426 g/mol. The number of rotatable bonds is 6. The van der Waals surface area contributed by atoms with E-state index in [0.717, 1.165) is 7.11 Å². The first-order chi connectivity index (χ1) is 14.5. The largest absolute Gasteiger partial charge is 0.465 e. The van der Waals surface area contributed by atoms with Gasteiger partial charge in [0.1, 0.15) is 18.2 Å². The molecule has 0 aromatic heterocycles. The Morgan fingerprint density at radius 1 is 1.42 bits per heavy atom. The molecule has 0 aromatic rings. The predicted molar refractivity (Wildman–Crippen MR) is 96.2 cm³/mol. The lowest BCUT2D eigenvalue weighted by Crippen LogP contribution is -2.69. The second kappa shape index (κ2) is 8.55. The van der Waals surface area contributed by atoms with E-state index in [2.05, 4.69) is 21.9 Å². The second-order valence-corrected chi connectivity index (χ2v) is 7.57. The van der Waals surface area contributed by atoms with Crippen molar-refractivity contribution in [2.45, 2.75) is 62.1 Å². The fraction of sp³-hybridized carbons (Fsp3) is 0.722. The van der Waals surface area contributed by atoms with Gasteiger partial charge in [0.15, 0.2) is 18.0 Å². The van der Waals surface area contributed by atoms with Gasteiger partial charge in [-0.15, -0.1) is 6.58 Å². The Bertz CT molecular complexity index is 752. The van der Waals surface area contributed by atoms with E-state index in [1.807, 2.05) is 0 Å². The Kier molecular flexibility index (Phi) is 6.39. The Labute approximate surface area is 176 Å². The van der Waals surface area contributed by atoms with Crippen LogP contribution in [0.5, 0.6) is 0 Å². The molecule has 0 aromatic carbocycles. The third-order valence-corrected chi connectivity index (χ3v) is 5.00. The lowest BCUT2D eigenvalue weighted by atomic mass is 9.88. The number of esters is 1. The Morgan fingerprint density at radius 2 is 2.13 bits per heavy atom. The molecule has 3 heterocycles. The Morgan fingerprint density at radius 3 is 2.71 bits per heavy atom. The van der Waals surface area contributed by atoms with E-state index in [1.54, 1.807) is 13.8 Å². The van der Waals surface area contributed by atoms with Gasteiger partial charge in [0, 0.05) is 6.54 Å². The van der Waals surface area contributed by atoms with Gasteiger partial charge in [-0.1, -0.05) is 6.08 Å². The minimum absolute atomic E-state index is 0.0538. The first kappa shape index (κ1) is 23.2. The van der Waals surface area contributed by atoms with Crippen molar-refractivity contribution in [2.75, 3.05) is 20.3 Å². The van der Waals surface area contributed by atoms with Gasteiger partial charge in [-0.2, -0.15) is 4.39 Å². The standard InChI is InChI=1S/C18H24F2N2O9/c1-5-6-21-15(24)28-10(8-7-27-17(2,3)30-8)11-9-12(29-16(25)22-9)13(19)18(20,31-11)14(23)26-4/h5,8-13H,1,6-7H2,2-4H3,(H,21,24)(H,22,25)/t8-,9?,10-,11?,12?,13?,18?/m1/s1. The maximum absolute atomic E-state index is 15.4. The molecule has 3 saturated heterocycles. The van der Waals surface area contributed by atoms with Crippen LogP contribution in [0.3, 0.4) is 0 Å². The molecule has 11 nitrogen and oxygen atoms in total. The van der Waals surface area contributed by atoms with Crippen molar-refractivity contribution >= 4 is 18.2 Å². The molecule has 2 amide bonds. The van der Waals surface area contributed by atoms with Crippen LogP contribution in [0.4, 0.5) is 18.4 Å². The molecule has 31 heavy (non-hydrogen) atoms. The summed E-state index contributed by atoms with van der Waals surface area (Å²) in [6.45, 7) is 6.60. The Balaban J connectivity index is 1.96. The molecule has 7 atom stereocenters. The minimum Gasteiger partial charge on any atom is -0.465 e. The number of alkyl halides is 2. The van der Waals surface area contributed by atoms with Crippen molar-refractivity contribution in [3.8, 4) is 0 Å². The van der Waals surface area contributed by atoms with Crippen LogP contribution in [0.1, 0.15) is 13.8 Å². The third-order valence-electron chi connectivity index (χ3n) is 5.00. The Hall–Kier alpha value is -2.51. The van der Waals surface area contributed by atoms with Crippen LogP contribution >= 0.6 is 0 Å². The number of hydrogen-bond donors (Lipinski definition) is 2. The molecule has 174 valence electrons. The number of carbonyl (C=O) groups is 3. The van der Waals surface area contributed by atoms with E-state index in [1.165, 1.54) is 6.08 Å². The van der Waals surface area contributed by atoms with Crippen molar-refractivity contribution in [1.29, 1.82) is 0 Å². The summed E-state index contributed by atoms with van der Waals surface area (Å²) in [7, 11) is 0.840. The molecule has 2 N–H and O–H groups in total. The lowest BCUT2D eigenvalue weighted by Gasteiger charge is -2.44. The topological polar surface area (TPSA) is 131 Å². The number of methoxy groups -OCH3 is 1. The SMILES string of the molecule is C=CCNC(=O)O[C@@H](C1OC(F)(C(=O)OC)C(F)C2OC(=O)NC21)[C@H]1COC(C)(C)O1. The van der Waals surface area contributed by atoms with Gasteiger partial charge < -0.3 is 39.1 Å². The van der Waals surface area contributed by atoms with Gasteiger partial charge in [0.2, 0.25) is 6.17 Å². The summed E-state index contributed by atoms with van der Waals surface area (Å²) in [5.74, 6) is -6.38. The molecule has 0 bridgehead atoms. The van der Waals surface area contributed by atoms with Crippen molar-refractivity contribution < 1.29 is 51.6 Å². The first-order valence-corrected chi connectivity index (χ1v) is 9.46. The molecule has 0 aliphatic carbocycles. The van der Waals surface area contributed by atoms with Gasteiger partial charge in [-0.05, 0) is 13.8 Å². The van der Waals surface area contributed by atoms with Gasteiger partial charge in [-0.25, -0.2) is 18.8 Å². The predicted octanol–water partition coefficient (Wildman–Crippen LogP) is 0.471. The number of halogens is 2. The quantitative estimate of drug-likeness (QED) is 0.337. The normalized spacial score (nSPS) is 37.1. The lowest BCUT2D eigenvalue weighted by molar-refractivity contribution is -0.287.